The fourth-order valence-corrected chi connectivity index (χ4v) is 2.30. The summed E-state index contributed by atoms with van der Waals surface area (Å²) in [4.78, 5) is 14.1. The van der Waals surface area contributed by atoms with E-state index in [0.717, 1.165) is 17.0 Å². The zero-order chi connectivity index (χ0) is 13.9. The fourth-order valence-electron chi connectivity index (χ4n) is 2.30. The maximum atomic E-state index is 12.3. The number of fused-ring (bicyclic) bond motifs is 1. The van der Waals surface area contributed by atoms with Gasteiger partial charge >= 0.3 is 0 Å². The standard InChI is InChI=1S/C15H16N2O3/c1-11-8-13(20-16-11)9-15(18)17-6-7-19-14-5-3-2-4-12(14)10-17/h2-5,8H,6-7,9-10H2,1H3. The molecule has 0 atom stereocenters. The molecule has 20 heavy (non-hydrogen) atoms. The van der Waals surface area contributed by atoms with Gasteiger partial charge in [-0.15, -0.1) is 0 Å². The van der Waals surface area contributed by atoms with Crippen LogP contribution < -0.4 is 4.74 Å². The van der Waals surface area contributed by atoms with Gasteiger partial charge in [-0.2, -0.15) is 0 Å². The lowest BCUT2D eigenvalue weighted by Crippen LogP contribution is -2.33. The van der Waals surface area contributed by atoms with Crippen molar-refractivity contribution in [2.75, 3.05) is 13.2 Å². The zero-order valence-electron chi connectivity index (χ0n) is 11.3. The van der Waals surface area contributed by atoms with Gasteiger partial charge in [0.2, 0.25) is 5.91 Å². The molecule has 2 aromatic rings. The Hall–Kier alpha value is -2.30. The van der Waals surface area contributed by atoms with Crippen LogP contribution in [0.5, 0.6) is 5.75 Å². The lowest BCUT2D eigenvalue weighted by atomic mass is 10.2. The lowest BCUT2D eigenvalue weighted by molar-refractivity contribution is -0.131. The van der Waals surface area contributed by atoms with Crippen LogP contribution in [0, 0.1) is 6.92 Å². The molecule has 1 aliphatic heterocycles. The Morgan fingerprint density at radius 3 is 3.05 bits per heavy atom. The number of rotatable bonds is 2. The summed E-state index contributed by atoms with van der Waals surface area (Å²) < 4.78 is 10.8. The molecule has 0 saturated heterocycles. The minimum absolute atomic E-state index is 0.0291. The summed E-state index contributed by atoms with van der Waals surface area (Å²) in [6.07, 6.45) is 0.239. The summed E-state index contributed by atoms with van der Waals surface area (Å²) in [5.41, 5.74) is 1.82. The van der Waals surface area contributed by atoms with Crippen LogP contribution in [0.15, 0.2) is 34.9 Å². The second kappa shape index (κ2) is 5.36. The molecule has 0 saturated carbocycles. The van der Waals surface area contributed by atoms with Crippen LogP contribution in [0.25, 0.3) is 0 Å². The van der Waals surface area contributed by atoms with Gasteiger partial charge in [0.05, 0.1) is 18.7 Å². The first kappa shape index (κ1) is 12.7. The topological polar surface area (TPSA) is 55.6 Å². The highest BCUT2D eigenvalue weighted by molar-refractivity contribution is 5.78. The number of nitrogens with zero attached hydrogens (tertiary/aromatic N) is 2. The zero-order valence-corrected chi connectivity index (χ0v) is 11.3. The number of amides is 1. The van der Waals surface area contributed by atoms with Crippen molar-refractivity contribution in [1.82, 2.24) is 10.1 Å². The highest BCUT2D eigenvalue weighted by Crippen LogP contribution is 2.22. The molecular weight excluding hydrogens is 256 g/mol. The summed E-state index contributed by atoms with van der Waals surface area (Å²) in [5.74, 6) is 1.49. The van der Waals surface area contributed by atoms with Crippen molar-refractivity contribution in [2.45, 2.75) is 19.9 Å². The number of para-hydroxylation sites is 1. The minimum atomic E-state index is 0.0291. The second-order valence-corrected chi connectivity index (χ2v) is 4.88. The van der Waals surface area contributed by atoms with Crippen LogP contribution in [0.3, 0.4) is 0 Å². The van der Waals surface area contributed by atoms with Gasteiger partial charge in [0, 0.05) is 18.2 Å². The number of aryl methyl sites for hydroxylation is 1. The third-order valence-electron chi connectivity index (χ3n) is 3.31. The average Bonchev–Trinajstić information content (AvgIpc) is 2.74. The van der Waals surface area contributed by atoms with E-state index in [1.807, 2.05) is 31.2 Å². The highest BCUT2D eigenvalue weighted by atomic mass is 16.5. The number of benzene rings is 1. The molecule has 1 amide bonds. The monoisotopic (exact) mass is 272 g/mol. The van der Waals surface area contributed by atoms with E-state index in [1.54, 1.807) is 11.0 Å². The van der Waals surface area contributed by atoms with Gasteiger partial charge < -0.3 is 14.2 Å². The third kappa shape index (κ3) is 2.66. The summed E-state index contributed by atoms with van der Waals surface area (Å²) in [7, 11) is 0. The van der Waals surface area contributed by atoms with Gasteiger partial charge in [0.1, 0.15) is 18.1 Å². The Bertz CT molecular complexity index is 621. The smallest absolute Gasteiger partial charge is 0.230 e. The Morgan fingerprint density at radius 1 is 1.40 bits per heavy atom. The van der Waals surface area contributed by atoms with E-state index in [-0.39, 0.29) is 12.3 Å². The van der Waals surface area contributed by atoms with Crippen LogP contribution in [-0.4, -0.2) is 29.1 Å². The quantitative estimate of drug-likeness (QED) is 0.838. The van der Waals surface area contributed by atoms with E-state index in [9.17, 15) is 4.79 Å². The van der Waals surface area contributed by atoms with Gasteiger partial charge in [0.25, 0.3) is 0 Å². The molecule has 0 spiro atoms. The maximum Gasteiger partial charge on any atom is 0.230 e. The first-order chi connectivity index (χ1) is 9.72. The Morgan fingerprint density at radius 2 is 2.25 bits per heavy atom. The van der Waals surface area contributed by atoms with Crippen LogP contribution >= 0.6 is 0 Å². The molecule has 5 nitrogen and oxygen atoms in total. The molecule has 3 rings (SSSR count). The van der Waals surface area contributed by atoms with Crippen LogP contribution in [-0.2, 0) is 17.8 Å². The van der Waals surface area contributed by atoms with Crippen molar-refractivity contribution in [2.24, 2.45) is 0 Å². The number of carbonyl (C=O) groups excluding carboxylic acids is 1. The number of hydrogen-bond acceptors (Lipinski definition) is 4. The highest BCUT2D eigenvalue weighted by Gasteiger charge is 2.20. The molecule has 0 bridgehead atoms. The van der Waals surface area contributed by atoms with Gasteiger partial charge in [-0.3, -0.25) is 4.79 Å². The van der Waals surface area contributed by atoms with Gasteiger partial charge in [0.15, 0.2) is 0 Å². The van der Waals surface area contributed by atoms with Crippen molar-refractivity contribution in [3.8, 4) is 5.75 Å². The van der Waals surface area contributed by atoms with Crippen molar-refractivity contribution in [3.05, 3.63) is 47.3 Å². The van der Waals surface area contributed by atoms with E-state index in [1.165, 1.54) is 0 Å². The van der Waals surface area contributed by atoms with E-state index >= 15 is 0 Å². The van der Waals surface area contributed by atoms with Crippen LogP contribution in [0.4, 0.5) is 0 Å². The van der Waals surface area contributed by atoms with E-state index in [2.05, 4.69) is 5.16 Å². The summed E-state index contributed by atoms with van der Waals surface area (Å²) in [6.45, 7) is 3.51. The third-order valence-corrected chi connectivity index (χ3v) is 3.31. The maximum absolute atomic E-state index is 12.3. The Balaban J connectivity index is 1.72. The molecule has 1 aromatic heterocycles. The Kier molecular flexibility index (Phi) is 3.41. The molecular formula is C15H16N2O3. The molecule has 0 radical (unpaired) electrons. The first-order valence-corrected chi connectivity index (χ1v) is 6.63. The number of carbonyl (C=O) groups is 1. The van der Waals surface area contributed by atoms with Crippen LogP contribution in [0.1, 0.15) is 17.0 Å². The molecule has 1 aromatic carbocycles. The van der Waals surface area contributed by atoms with E-state index < -0.39 is 0 Å². The van der Waals surface area contributed by atoms with Crippen molar-refractivity contribution in [3.63, 3.8) is 0 Å². The molecule has 0 aliphatic carbocycles. The van der Waals surface area contributed by atoms with E-state index in [4.69, 9.17) is 9.26 Å². The first-order valence-electron chi connectivity index (χ1n) is 6.63. The van der Waals surface area contributed by atoms with E-state index in [0.29, 0.717) is 25.5 Å². The van der Waals surface area contributed by atoms with Crippen molar-refractivity contribution in [1.29, 1.82) is 0 Å². The lowest BCUT2D eigenvalue weighted by Gasteiger charge is -2.19. The van der Waals surface area contributed by atoms with Crippen LogP contribution in [0.2, 0.25) is 0 Å². The molecule has 104 valence electrons. The normalized spacial score (nSPS) is 14.3. The van der Waals surface area contributed by atoms with Gasteiger partial charge in [-0.1, -0.05) is 23.4 Å². The summed E-state index contributed by atoms with van der Waals surface area (Å²) in [6, 6.07) is 9.60. The SMILES string of the molecule is Cc1cc(CC(=O)N2CCOc3ccccc3C2)on1. The summed E-state index contributed by atoms with van der Waals surface area (Å²) in [5, 5.41) is 3.80. The largest absolute Gasteiger partial charge is 0.491 e. The minimum Gasteiger partial charge on any atom is -0.491 e. The predicted molar refractivity (Wildman–Crippen MR) is 72.3 cm³/mol. The molecule has 0 unspecified atom stereocenters. The molecule has 1 aliphatic rings. The molecule has 0 N–H and O–H groups in total. The molecule has 5 heteroatoms. The van der Waals surface area contributed by atoms with Crippen molar-refractivity contribution >= 4 is 5.91 Å². The number of aromatic nitrogens is 1. The molecule has 2 heterocycles. The summed E-state index contributed by atoms with van der Waals surface area (Å²) >= 11 is 0. The van der Waals surface area contributed by atoms with Gasteiger partial charge in [-0.05, 0) is 13.0 Å². The van der Waals surface area contributed by atoms with Gasteiger partial charge in [-0.25, -0.2) is 0 Å². The fraction of sp³-hybridized carbons (Fsp3) is 0.333. The second-order valence-electron chi connectivity index (χ2n) is 4.88. The number of ether oxygens (including phenoxy) is 1. The Labute approximate surface area is 117 Å². The number of hydrogen-bond donors (Lipinski definition) is 0. The average molecular weight is 272 g/mol. The van der Waals surface area contributed by atoms with Crippen molar-refractivity contribution < 1.29 is 14.1 Å². The predicted octanol–water partition coefficient (Wildman–Crippen LogP) is 1.95. The molecule has 0 fully saturated rings.